The number of carbonyl (C=O) groups excluding carboxylic acids is 2. The van der Waals surface area contributed by atoms with Gasteiger partial charge in [0, 0.05) is 12.8 Å². The Hall–Kier alpha value is -3.27. The Morgan fingerprint density at radius 1 is 0.525 bits per heavy atom. The third-order valence-corrected chi connectivity index (χ3v) is 9.45. The molecule has 0 saturated heterocycles. The highest BCUT2D eigenvalue weighted by Crippen LogP contribution is 2.13. The number of carbonyl (C=O) groups is 3. The van der Waals surface area contributed by atoms with Gasteiger partial charge in [0.05, 0.1) is 34.4 Å². The quantitative estimate of drug-likeness (QED) is 0.0213. The number of nitrogens with zero attached hydrogens (tertiary/aromatic N) is 1. The summed E-state index contributed by atoms with van der Waals surface area (Å²) < 4.78 is 22.7. The van der Waals surface area contributed by atoms with Gasteiger partial charge in [0.15, 0.2) is 6.10 Å². The zero-order chi connectivity index (χ0) is 43.5. The third kappa shape index (κ3) is 42.7. The summed E-state index contributed by atoms with van der Waals surface area (Å²) in [6.45, 7) is 4.68. The first-order valence-corrected chi connectivity index (χ1v) is 23.1. The number of rotatable bonds is 41. The summed E-state index contributed by atoms with van der Waals surface area (Å²) >= 11 is 0. The SMILES string of the molecule is CC/C=C\C/C=C\C/C=C\CCCCCCCC(=O)OCC(COC(OCC[N+](C)(C)C)C(=O)O)OC(=O)CCCCCCCC/C=C\C/C=C\C/C=C\CCCCC. The summed E-state index contributed by atoms with van der Waals surface area (Å²) in [5.74, 6) is -2.06. The van der Waals surface area contributed by atoms with Gasteiger partial charge in [0.1, 0.15) is 13.2 Å². The fraction of sp³-hybridized carbons (Fsp3) is 0.700. The van der Waals surface area contributed by atoms with Crippen LogP contribution < -0.4 is 0 Å². The molecule has 0 aliphatic carbocycles. The van der Waals surface area contributed by atoms with Crippen LogP contribution in [0.1, 0.15) is 168 Å². The minimum Gasteiger partial charge on any atom is -0.477 e. The molecule has 0 heterocycles. The lowest BCUT2D eigenvalue weighted by Crippen LogP contribution is -2.40. The van der Waals surface area contributed by atoms with Crippen molar-refractivity contribution in [3.05, 3.63) is 72.9 Å². The number of ether oxygens (including phenoxy) is 4. The Kier molecular flexibility index (Phi) is 39.2. The molecule has 338 valence electrons. The monoisotopic (exact) mass is 829 g/mol. The van der Waals surface area contributed by atoms with Gasteiger partial charge >= 0.3 is 17.9 Å². The number of allylic oxidation sites excluding steroid dienone is 12. The lowest BCUT2D eigenvalue weighted by atomic mass is 10.1. The van der Waals surface area contributed by atoms with Crippen molar-refractivity contribution >= 4 is 17.9 Å². The molecule has 0 fully saturated rings. The summed E-state index contributed by atoms with van der Waals surface area (Å²) in [7, 11) is 5.94. The molecule has 1 N–H and O–H groups in total. The van der Waals surface area contributed by atoms with Gasteiger partial charge in [-0.25, -0.2) is 4.79 Å². The van der Waals surface area contributed by atoms with Crippen LogP contribution in [0.2, 0.25) is 0 Å². The summed E-state index contributed by atoms with van der Waals surface area (Å²) in [6.07, 6.45) is 48.1. The topological polar surface area (TPSA) is 108 Å². The van der Waals surface area contributed by atoms with Crippen LogP contribution in [0.5, 0.6) is 0 Å². The van der Waals surface area contributed by atoms with Crippen LogP contribution in [-0.2, 0) is 33.3 Å². The van der Waals surface area contributed by atoms with Gasteiger partial charge in [-0.15, -0.1) is 0 Å². The first kappa shape index (κ1) is 55.7. The largest absolute Gasteiger partial charge is 0.477 e. The molecule has 0 aromatic rings. The van der Waals surface area contributed by atoms with Gasteiger partial charge < -0.3 is 28.5 Å². The predicted molar refractivity (Wildman–Crippen MR) is 244 cm³/mol. The van der Waals surface area contributed by atoms with E-state index in [9.17, 15) is 19.5 Å². The van der Waals surface area contributed by atoms with E-state index in [4.69, 9.17) is 18.9 Å². The van der Waals surface area contributed by atoms with Crippen molar-refractivity contribution in [2.75, 3.05) is 47.5 Å². The third-order valence-electron chi connectivity index (χ3n) is 9.45. The molecular formula is C50H86NO8+. The number of esters is 2. The van der Waals surface area contributed by atoms with E-state index in [0.717, 1.165) is 109 Å². The highest BCUT2D eigenvalue weighted by atomic mass is 16.7. The minimum atomic E-state index is -1.52. The lowest BCUT2D eigenvalue weighted by Gasteiger charge is -2.25. The zero-order valence-electron chi connectivity index (χ0n) is 38.1. The van der Waals surface area contributed by atoms with Crippen molar-refractivity contribution in [2.45, 2.75) is 180 Å². The second kappa shape index (κ2) is 41.5. The van der Waals surface area contributed by atoms with Gasteiger partial charge in [-0.05, 0) is 83.5 Å². The van der Waals surface area contributed by atoms with Crippen LogP contribution in [-0.4, -0.2) is 87.4 Å². The summed E-state index contributed by atoms with van der Waals surface area (Å²) in [4.78, 5) is 37.1. The molecule has 0 aromatic carbocycles. The van der Waals surface area contributed by atoms with Crippen molar-refractivity contribution in [1.29, 1.82) is 0 Å². The first-order chi connectivity index (χ1) is 28.6. The number of hydrogen-bond acceptors (Lipinski definition) is 7. The van der Waals surface area contributed by atoms with Gasteiger partial charge in [-0.1, -0.05) is 145 Å². The van der Waals surface area contributed by atoms with E-state index < -0.39 is 24.3 Å². The lowest BCUT2D eigenvalue weighted by molar-refractivity contribution is -0.870. The van der Waals surface area contributed by atoms with E-state index in [1.165, 1.54) is 25.7 Å². The van der Waals surface area contributed by atoms with Crippen LogP contribution >= 0.6 is 0 Å². The second-order valence-electron chi connectivity index (χ2n) is 16.3. The number of aliphatic carboxylic acids is 1. The van der Waals surface area contributed by atoms with Crippen LogP contribution in [0, 0.1) is 0 Å². The molecule has 0 amide bonds. The maximum absolute atomic E-state index is 12.8. The average Bonchev–Trinajstić information content (AvgIpc) is 3.19. The van der Waals surface area contributed by atoms with Crippen molar-refractivity contribution < 1.29 is 42.9 Å². The smallest absolute Gasteiger partial charge is 0.361 e. The second-order valence-corrected chi connectivity index (χ2v) is 16.3. The maximum Gasteiger partial charge on any atom is 0.361 e. The predicted octanol–water partition coefficient (Wildman–Crippen LogP) is 12.3. The zero-order valence-corrected chi connectivity index (χ0v) is 38.1. The van der Waals surface area contributed by atoms with E-state index in [0.29, 0.717) is 17.4 Å². The molecule has 59 heavy (non-hydrogen) atoms. The molecule has 9 nitrogen and oxygen atoms in total. The summed E-state index contributed by atoms with van der Waals surface area (Å²) in [5, 5.41) is 9.64. The number of unbranched alkanes of at least 4 members (excludes halogenated alkanes) is 14. The molecule has 0 rings (SSSR count). The Labute approximate surface area is 360 Å². The molecule has 2 atom stereocenters. The minimum absolute atomic E-state index is 0.178. The highest BCUT2D eigenvalue weighted by molar-refractivity contribution is 5.71. The van der Waals surface area contributed by atoms with Crippen LogP contribution in [0.4, 0.5) is 0 Å². The van der Waals surface area contributed by atoms with Gasteiger partial charge in [-0.2, -0.15) is 0 Å². The van der Waals surface area contributed by atoms with Crippen LogP contribution in [0.3, 0.4) is 0 Å². The molecule has 0 aliphatic rings. The van der Waals surface area contributed by atoms with Gasteiger partial charge in [-0.3, -0.25) is 9.59 Å². The van der Waals surface area contributed by atoms with E-state index in [-0.39, 0.29) is 38.6 Å². The number of likely N-dealkylation sites (N-methyl/N-ethyl adjacent to an activating group) is 1. The van der Waals surface area contributed by atoms with E-state index >= 15 is 0 Å². The Bertz CT molecular complexity index is 1200. The number of carboxylic acid groups (broad SMARTS) is 1. The Morgan fingerprint density at radius 2 is 0.966 bits per heavy atom. The van der Waals surface area contributed by atoms with Crippen LogP contribution in [0.15, 0.2) is 72.9 Å². The number of quaternary nitrogens is 1. The van der Waals surface area contributed by atoms with Crippen molar-refractivity contribution in [1.82, 2.24) is 0 Å². The van der Waals surface area contributed by atoms with Gasteiger partial charge in [0.25, 0.3) is 6.29 Å². The van der Waals surface area contributed by atoms with Crippen molar-refractivity contribution in [3.8, 4) is 0 Å². The first-order valence-electron chi connectivity index (χ1n) is 23.1. The molecule has 0 bridgehead atoms. The van der Waals surface area contributed by atoms with Crippen LogP contribution in [0.25, 0.3) is 0 Å². The fourth-order valence-corrected chi connectivity index (χ4v) is 5.86. The molecule has 0 spiro atoms. The van der Waals surface area contributed by atoms with E-state index in [2.05, 4.69) is 86.8 Å². The number of hydrogen-bond donors (Lipinski definition) is 1. The molecular weight excluding hydrogens is 743 g/mol. The molecule has 0 aliphatic heterocycles. The summed E-state index contributed by atoms with van der Waals surface area (Å²) in [5.41, 5.74) is 0. The van der Waals surface area contributed by atoms with Crippen molar-refractivity contribution in [2.24, 2.45) is 0 Å². The molecule has 0 saturated carbocycles. The normalized spacial score (nSPS) is 13.6. The maximum atomic E-state index is 12.8. The molecule has 2 unspecified atom stereocenters. The standard InChI is InChI=1S/C50H85NO8/c1-6-8-10-12-14-16-18-20-22-23-24-25-27-29-31-33-35-37-39-41-48(53)59-46(45-58-50(49(54)55)56-43-42-51(3,4)5)44-57-47(52)40-38-36-34-32-30-28-26-21-19-17-15-13-11-9-7-2/h9,11,14-17,20-22,24-26,46,50H,6-8,10,12-13,18-19,23,27-45H2,1-5H3/p+1/b11-9-,16-14-,17-15-,22-20-,25-24-,26-21-. The van der Waals surface area contributed by atoms with Crippen molar-refractivity contribution in [3.63, 3.8) is 0 Å². The Morgan fingerprint density at radius 3 is 1.44 bits per heavy atom. The highest BCUT2D eigenvalue weighted by Gasteiger charge is 2.25. The van der Waals surface area contributed by atoms with Gasteiger partial charge in [0.2, 0.25) is 0 Å². The van der Waals surface area contributed by atoms with E-state index in [1.54, 1.807) is 0 Å². The van der Waals surface area contributed by atoms with E-state index in [1.807, 2.05) is 21.1 Å². The molecule has 0 radical (unpaired) electrons. The average molecular weight is 829 g/mol. The fourth-order valence-electron chi connectivity index (χ4n) is 5.86. The number of carboxylic acids is 1. The molecule has 0 aromatic heterocycles. The Balaban J connectivity index is 4.48. The molecule has 9 heteroatoms. The summed E-state index contributed by atoms with van der Waals surface area (Å²) in [6, 6.07) is 0.